The molecule has 5 heterocycles. The zero-order valence-corrected chi connectivity index (χ0v) is 55.3. The van der Waals surface area contributed by atoms with Crippen LogP contribution in [0.15, 0.2) is 16.2 Å². The summed E-state index contributed by atoms with van der Waals surface area (Å²) in [5.74, 6) is -9.46. The van der Waals surface area contributed by atoms with E-state index in [1.807, 2.05) is 39.8 Å². The molecule has 0 spiro atoms. The first-order valence-corrected chi connectivity index (χ1v) is 31.7. The summed E-state index contributed by atoms with van der Waals surface area (Å²) in [6.07, 6.45) is -14.7. The number of nitrogens with zero attached hydrogens (tertiary/aromatic N) is 4. The monoisotopic (exact) mass is 1280 g/mol. The van der Waals surface area contributed by atoms with Gasteiger partial charge in [0.1, 0.15) is 43.7 Å². The van der Waals surface area contributed by atoms with Crippen LogP contribution in [-0.2, 0) is 81.3 Å². The zero-order chi connectivity index (χ0) is 66.1. The first kappa shape index (κ1) is 74.2. The Morgan fingerprint density at radius 3 is 2.19 bits per heavy atom. The third-order valence-corrected chi connectivity index (χ3v) is 18.5. The topological polar surface area (TPSA) is 365 Å². The van der Waals surface area contributed by atoms with Gasteiger partial charge in [0.15, 0.2) is 35.1 Å². The average Bonchev–Trinajstić information content (AvgIpc) is 1.33. The number of rotatable bonds is 21. The molecule has 30 heteroatoms. The highest BCUT2D eigenvalue weighted by Crippen LogP contribution is 2.41. The van der Waals surface area contributed by atoms with E-state index in [9.17, 15) is 38.3 Å². The molecule has 1 aromatic heterocycles. The zero-order valence-electron chi connectivity index (χ0n) is 54.5. The minimum atomic E-state index is -4.60. The number of aromatic nitrogens is 2. The molecule has 4 aliphatic rings. The molecule has 22 atom stereocenters. The first-order valence-electron chi connectivity index (χ1n) is 30.2. The molecule has 504 valence electrons. The number of cyclic esters (lactones) is 1. The van der Waals surface area contributed by atoms with Crippen LogP contribution in [0.2, 0.25) is 0 Å². The Labute approximate surface area is 517 Å². The van der Waals surface area contributed by atoms with Crippen molar-refractivity contribution in [2.45, 2.75) is 238 Å². The van der Waals surface area contributed by atoms with Crippen molar-refractivity contribution in [2.75, 3.05) is 48.1 Å². The van der Waals surface area contributed by atoms with Crippen molar-refractivity contribution in [1.82, 2.24) is 25.1 Å². The van der Waals surface area contributed by atoms with Crippen molar-refractivity contribution in [2.24, 2.45) is 46.6 Å². The number of aliphatic hydroxyl groups excluding tert-OH is 2. The lowest BCUT2D eigenvalue weighted by molar-refractivity contribution is -0.392. The number of methoxy groups -OCH3 is 2. The first-order chi connectivity index (χ1) is 41.0. The molecule has 0 aliphatic carbocycles. The van der Waals surface area contributed by atoms with E-state index in [1.165, 1.54) is 49.0 Å². The van der Waals surface area contributed by atoms with Gasteiger partial charge in [-0.05, 0) is 85.6 Å². The van der Waals surface area contributed by atoms with E-state index in [4.69, 9.17) is 56.9 Å². The van der Waals surface area contributed by atoms with Gasteiger partial charge in [0.25, 0.3) is 10.0 Å². The molecule has 29 nitrogen and oxygen atoms in total. The van der Waals surface area contributed by atoms with E-state index in [-0.39, 0.29) is 49.6 Å². The van der Waals surface area contributed by atoms with Gasteiger partial charge in [-0.25, -0.2) is 17.9 Å². The van der Waals surface area contributed by atoms with E-state index in [2.05, 4.69) is 25.2 Å². The fraction of sp³-hybridized carbons (Fsp3) is 0.862. The lowest BCUT2D eigenvalue weighted by Gasteiger charge is -2.45. The molecule has 0 aromatic carbocycles. The Balaban J connectivity index is 1.71. The maximum atomic E-state index is 16.0. The fourth-order valence-corrected chi connectivity index (χ4v) is 13.5. The number of H-pyrrole nitrogens is 1. The van der Waals surface area contributed by atoms with Crippen LogP contribution in [0.5, 0.6) is 0 Å². The van der Waals surface area contributed by atoms with E-state index in [0.29, 0.717) is 13.0 Å². The minimum Gasteiger partial charge on any atom is -0.461 e. The molecule has 88 heavy (non-hydrogen) atoms. The number of carbonyl (C=O) groups is 4. The van der Waals surface area contributed by atoms with E-state index < -0.39 is 183 Å². The maximum Gasteiger partial charge on any atom is 0.408 e. The number of carbonyl (C=O) groups excluding carboxylic acids is 4. The largest absolute Gasteiger partial charge is 0.461 e. The summed E-state index contributed by atoms with van der Waals surface area (Å²) in [4.78, 5) is 77.5. The number of oxime groups is 1. The van der Waals surface area contributed by atoms with Crippen molar-refractivity contribution < 1.29 is 99.7 Å². The van der Waals surface area contributed by atoms with Gasteiger partial charge in [0.2, 0.25) is 0 Å². The number of hydrogen-bond donors (Lipinski definition) is 5. The van der Waals surface area contributed by atoms with Crippen molar-refractivity contribution in [3.8, 4) is 0 Å². The number of esters is 2. The molecule has 0 bridgehead atoms. The Bertz CT molecular complexity index is 2630. The summed E-state index contributed by atoms with van der Waals surface area (Å²) >= 11 is 0. The summed E-state index contributed by atoms with van der Waals surface area (Å²) in [6, 6.07) is -0.0551. The van der Waals surface area contributed by atoms with Crippen LogP contribution < -0.4 is 10.0 Å². The van der Waals surface area contributed by atoms with Gasteiger partial charge >= 0.3 is 23.8 Å². The number of hydrogen-bond acceptors (Lipinski definition) is 25. The number of sulfonamides is 1. The summed E-state index contributed by atoms with van der Waals surface area (Å²) in [6.45, 7) is 25.1. The number of alkyl carbamates (subject to hydrolysis) is 1. The van der Waals surface area contributed by atoms with E-state index >= 15 is 9.59 Å². The molecule has 4 aliphatic heterocycles. The number of aromatic amines is 1. The number of nitro groups is 1. The van der Waals surface area contributed by atoms with Gasteiger partial charge < -0.3 is 87.5 Å². The average molecular weight is 1280 g/mol. The normalized spacial score (nSPS) is 37.0. The quantitative estimate of drug-likeness (QED) is 0.0493. The van der Waals surface area contributed by atoms with Crippen molar-refractivity contribution in [3.05, 3.63) is 16.3 Å². The predicted octanol–water partition coefficient (Wildman–Crippen LogP) is 4.39. The predicted molar refractivity (Wildman–Crippen MR) is 314 cm³/mol. The van der Waals surface area contributed by atoms with Crippen LogP contribution in [0.4, 0.5) is 10.6 Å². The van der Waals surface area contributed by atoms with Gasteiger partial charge in [-0.15, -0.1) is 5.10 Å². The Hall–Kier alpha value is -4.57. The standard InChI is InChI=1S/C58H99N7O22S/c1-28(2)20-41(66)83-47-35(9)46(30(4)26-79-55-50(77-18)49(76-17)43(67)38(12)82-55)85-53(70)37(11)48(84-42-21-31(5)64(16)25-33(7)80-42)34(8)45(86-54-44(68)39(63-78-19)22-32(6)81-54)29(3)23-58(15,51(69)36(47)10)87-56(71)61-57(13,14)27-60-88(74,75)40-24-59-62-52(40)65(72)73/h24,28-38,42-50,54-55,60,67-68H,20-23,25-27H2,1-19H3,(H,59,62)(H,61,71)/b63-39+/t29-,30-,31?,32+,33-,34+,35-,36+,37+,38+,42-,43+,44+,45-,46+,47+,48-,49+,50+,54-,55+,58-/m0/s1. The van der Waals surface area contributed by atoms with Gasteiger partial charge in [-0.3, -0.25) is 14.4 Å². The number of likely N-dealkylation sites (N-methyl/N-ethyl adjacent to an activating group) is 1. The second kappa shape index (κ2) is 31.6. The summed E-state index contributed by atoms with van der Waals surface area (Å²) in [7, 11) is 1.55. The Morgan fingerprint density at radius 1 is 0.920 bits per heavy atom. The second-order valence-corrected chi connectivity index (χ2v) is 27.6. The van der Waals surface area contributed by atoms with Crippen molar-refractivity contribution in [3.63, 3.8) is 0 Å². The number of ketones is 1. The highest BCUT2D eigenvalue weighted by atomic mass is 32.2. The highest BCUT2D eigenvalue weighted by Gasteiger charge is 2.53. The Morgan fingerprint density at radius 2 is 1.58 bits per heavy atom. The lowest BCUT2D eigenvalue weighted by Crippen LogP contribution is -2.59. The number of amides is 1. The maximum absolute atomic E-state index is 16.0. The fourth-order valence-electron chi connectivity index (χ4n) is 12.3. The summed E-state index contributed by atoms with van der Waals surface area (Å²) in [5.41, 5.74) is -3.51. The number of aliphatic hydroxyl groups is 2. The van der Waals surface area contributed by atoms with Crippen LogP contribution in [0.1, 0.15) is 130 Å². The molecule has 4 saturated heterocycles. The van der Waals surface area contributed by atoms with Gasteiger partial charge in [0.05, 0.1) is 66.4 Å². The van der Waals surface area contributed by atoms with Crippen molar-refractivity contribution >= 4 is 45.4 Å². The third kappa shape index (κ3) is 18.8. The SMILES string of the molecule is CO/N=C1\C[C@@H](C)O[C@@H](O[C@@H]2[C@@H](C)[C@H](O[C@H]3CC(C)N(C)C[C@H](C)O3)[C@@H](C)C(=O)O[C@H]([C@@H](C)CO[C@@H]3O[C@H](C)[C@@H](O)[C@@H](OC)[C@H]3OC)[C@H](C)[C@@H](OC(=O)CC(C)C)[C@@H](C)C(=O)[C@@](C)(OC(=O)NC(C)(C)CNS(=O)(=O)c3cn[nH]c3[N+](=O)[O-])C[C@@H]2C)[C@@H]1O. The summed E-state index contributed by atoms with van der Waals surface area (Å²) in [5, 5.41) is 46.7. The number of ether oxygens (including phenoxy) is 11. The highest BCUT2D eigenvalue weighted by molar-refractivity contribution is 7.89. The molecular weight excluding hydrogens is 1180 g/mol. The van der Waals surface area contributed by atoms with E-state index in [0.717, 1.165) is 6.20 Å². The van der Waals surface area contributed by atoms with Gasteiger partial charge in [0, 0.05) is 70.4 Å². The van der Waals surface area contributed by atoms with Crippen molar-refractivity contribution in [1.29, 1.82) is 0 Å². The molecule has 0 saturated carbocycles. The van der Waals surface area contributed by atoms with Crippen LogP contribution in [0.25, 0.3) is 0 Å². The van der Waals surface area contributed by atoms with E-state index in [1.54, 1.807) is 48.5 Å². The third-order valence-electron chi connectivity index (χ3n) is 17.1. The van der Waals surface area contributed by atoms with Crippen LogP contribution >= 0.6 is 0 Å². The van der Waals surface area contributed by atoms with Crippen LogP contribution in [-0.4, -0.2) is 219 Å². The Kier molecular flexibility index (Phi) is 26.7. The smallest absolute Gasteiger partial charge is 0.408 e. The number of nitrogens with one attached hydrogen (secondary N) is 3. The molecule has 1 aromatic rings. The molecule has 1 amide bonds. The lowest BCUT2D eigenvalue weighted by atomic mass is 9.74. The summed E-state index contributed by atoms with van der Waals surface area (Å²) < 4.78 is 99.3. The van der Waals surface area contributed by atoms with Crippen LogP contribution in [0.3, 0.4) is 0 Å². The molecule has 5 rings (SSSR count). The second-order valence-electron chi connectivity index (χ2n) is 25.8. The molecule has 1 unspecified atom stereocenters. The van der Waals surface area contributed by atoms with Gasteiger partial charge in [-0.2, -0.15) is 0 Å². The molecule has 4 fully saturated rings. The molecular formula is C58H99N7O22S. The molecule has 0 radical (unpaired) electrons. The minimum absolute atomic E-state index is 0.0551. The van der Waals surface area contributed by atoms with Crippen LogP contribution in [0, 0.1) is 51.5 Å². The van der Waals surface area contributed by atoms with Gasteiger partial charge in [-0.1, -0.05) is 58.7 Å². The number of Topliss-reactive ketones (excluding diaryl/α,β-unsaturated/α-hetero) is 1. The molecule has 5 N–H and O–H groups in total.